The number of likely N-dealkylation sites (tertiary alicyclic amines) is 1. The summed E-state index contributed by atoms with van der Waals surface area (Å²) >= 11 is 1.78. The number of carbonyl (C=O) groups is 1. The van der Waals surface area contributed by atoms with Crippen molar-refractivity contribution >= 4 is 28.3 Å². The maximum Gasteiger partial charge on any atom is 0.253 e. The molecule has 0 atom stereocenters. The van der Waals surface area contributed by atoms with Gasteiger partial charge in [-0.15, -0.1) is 11.3 Å². The lowest BCUT2D eigenvalue weighted by Gasteiger charge is -2.27. The standard InChI is InChI=1S/C29H42N4OS/c1-22(2)20-32(21-23(3)4)29(34)24-11-12-26-27(18-24)33(16-9-15-31-13-6-5-7-14-31)28(30-26)19-25-10-8-17-35-25/h8,10-12,17-18,22-23H,5-7,9,13-16,19-21H2,1-4H3. The molecule has 1 aromatic carbocycles. The number of rotatable bonds is 11. The molecular weight excluding hydrogens is 452 g/mol. The molecule has 35 heavy (non-hydrogen) atoms. The molecule has 0 bridgehead atoms. The van der Waals surface area contributed by atoms with E-state index in [0.717, 1.165) is 61.4 Å². The molecule has 1 amide bonds. The van der Waals surface area contributed by atoms with Crippen LogP contribution in [-0.4, -0.2) is 58.0 Å². The maximum atomic E-state index is 13.5. The minimum atomic E-state index is 0.134. The molecule has 1 saturated heterocycles. The first-order valence-corrected chi connectivity index (χ1v) is 14.3. The Morgan fingerprint density at radius 1 is 1.03 bits per heavy atom. The number of benzene rings is 1. The predicted molar refractivity (Wildman–Crippen MR) is 147 cm³/mol. The highest BCUT2D eigenvalue weighted by atomic mass is 32.1. The summed E-state index contributed by atoms with van der Waals surface area (Å²) in [5, 5.41) is 2.13. The van der Waals surface area contributed by atoms with Crippen LogP contribution in [-0.2, 0) is 13.0 Å². The van der Waals surface area contributed by atoms with Crippen molar-refractivity contribution in [3.8, 4) is 0 Å². The molecule has 0 unspecified atom stereocenters. The van der Waals surface area contributed by atoms with Gasteiger partial charge >= 0.3 is 0 Å². The number of hydrogen-bond donors (Lipinski definition) is 0. The van der Waals surface area contributed by atoms with Crippen molar-refractivity contribution in [3.63, 3.8) is 0 Å². The highest BCUT2D eigenvalue weighted by Crippen LogP contribution is 2.24. The van der Waals surface area contributed by atoms with Crippen LogP contribution in [0.25, 0.3) is 11.0 Å². The van der Waals surface area contributed by atoms with E-state index in [4.69, 9.17) is 4.98 Å². The third-order valence-electron chi connectivity index (χ3n) is 6.75. The molecule has 0 spiro atoms. The Bertz CT molecular complexity index is 1070. The SMILES string of the molecule is CC(C)CN(CC(C)C)C(=O)c1ccc2nc(Cc3cccs3)n(CCCN3CCCCC3)c2c1. The molecule has 6 heteroatoms. The fraction of sp³-hybridized carbons (Fsp3) is 0.586. The number of carbonyl (C=O) groups excluding carboxylic acids is 1. The lowest BCUT2D eigenvalue weighted by Crippen LogP contribution is -2.37. The fourth-order valence-electron chi connectivity index (χ4n) is 5.20. The van der Waals surface area contributed by atoms with Crippen LogP contribution in [0.1, 0.15) is 74.4 Å². The second-order valence-corrected chi connectivity index (χ2v) is 11.9. The Morgan fingerprint density at radius 2 is 1.77 bits per heavy atom. The lowest BCUT2D eigenvalue weighted by molar-refractivity contribution is 0.0715. The monoisotopic (exact) mass is 494 g/mol. The number of aromatic nitrogens is 2. The van der Waals surface area contributed by atoms with Crippen molar-refractivity contribution < 1.29 is 4.79 Å². The van der Waals surface area contributed by atoms with Gasteiger partial charge < -0.3 is 14.4 Å². The topological polar surface area (TPSA) is 41.4 Å². The van der Waals surface area contributed by atoms with Gasteiger partial charge in [0.25, 0.3) is 5.91 Å². The molecule has 0 N–H and O–H groups in total. The predicted octanol–water partition coefficient (Wildman–Crippen LogP) is 6.32. The summed E-state index contributed by atoms with van der Waals surface area (Å²) in [5.74, 6) is 2.13. The number of thiophene rings is 1. The molecule has 1 aliphatic rings. The first-order valence-electron chi connectivity index (χ1n) is 13.4. The largest absolute Gasteiger partial charge is 0.338 e. The molecular formula is C29H42N4OS. The fourth-order valence-corrected chi connectivity index (χ4v) is 5.90. The van der Waals surface area contributed by atoms with Crippen molar-refractivity contribution in [1.29, 1.82) is 0 Å². The lowest BCUT2D eigenvalue weighted by atomic mass is 10.1. The third-order valence-corrected chi connectivity index (χ3v) is 7.63. The van der Waals surface area contributed by atoms with Gasteiger partial charge in [0, 0.05) is 36.5 Å². The van der Waals surface area contributed by atoms with Gasteiger partial charge in [-0.1, -0.05) is 40.2 Å². The minimum Gasteiger partial charge on any atom is -0.338 e. The molecule has 0 aliphatic carbocycles. The van der Waals surface area contributed by atoms with Crippen LogP contribution in [0.5, 0.6) is 0 Å². The van der Waals surface area contributed by atoms with E-state index >= 15 is 0 Å². The molecule has 190 valence electrons. The Kier molecular flexibility index (Phi) is 9.01. The normalized spacial score (nSPS) is 14.9. The number of piperidine rings is 1. The van der Waals surface area contributed by atoms with E-state index in [2.05, 4.69) is 60.7 Å². The number of imidazole rings is 1. The van der Waals surface area contributed by atoms with Gasteiger partial charge in [-0.3, -0.25) is 4.79 Å². The summed E-state index contributed by atoms with van der Waals surface area (Å²) in [6.45, 7) is 14.8. The number of aryl methyl sites for hydroxylation is 1. The average Bonchev–Trinajstić information content (AvgIpc) is 3.46. The maximum absolute atomic E-state index is 13.5. The quantitative estimate of drug-likeness (QED) is 0.313. The summed E-state index contributed by atoms with van der Waals surface area (Å²) in [7, 11) is 0. The summed E-state index contributed by atoms with van der Waals surface area (Å²) in [4.78, 5) is 24.5. The van der Waals surface area contributed by atoms with Gasteiger partial charge in [-0.25, -0.2) is 4.98 Å². The Balaban J connectivity index is 1.61. The number of amides is 1. The average molecular weight is 495 g/mol. The van der Waals surface area contributed by atoms with E-state index in [0.29, 0.717) is 11.8 Å². The van der Waals surface area contributed by atoms with Gasteiger partial charge in [0.15, 0.2) is 0 Å². The van der Waals surface area contributed by atoms with Crippen LogP contribution in [0.4, 0.5) is 0 Å². The van der Waals surface area contributed by atoms with Gasteiger partial charge in [0.1, 0.15) is 5.82 Å². The second-order valence-electron chi connectivity index (χ2n) is 10.9. The molecule has 4 rings (SSSR count). The number of fused-ring (bicyclic) bond motifs is 1. The van der Waals surface area contributed by atoms with Crippen molar-refractivity contribution in [1.82, 2.24) is 19.4 Å². The van der Waals surface area contributed by atoms with E-state index < -0.39 is 0 Å². The summed E-state index contributed by atoms with van der Waals surface area (Å²) in [6.07, 6.45) is 5.97. The van der Waals surface area contributed by atoms with Crippen LogP contribution in [0.15, 0.2) is 35.7 Å². The van der Waals surface area contributed by atoms with Crippen LogP contribution in [0, 0.1) is 11.8 Å². The van der Waals surface area contributed by atoms with Crippen molar-refractivity contribution in [2.75, 3.05) is 32.7 Å². The van der Waals surface area contributed by atoms with Crippen molar-refractivity contribution in [3.05, 3.63) is 52.0 Å². The zero-order valence-electron chi connectivity index (χ0n) is 22.0. The second kappa shape index (κ2) is 12.2. The zero-order valence-corrected chi connectivity index (χ0v) is 22.8. The molecule has 3 aromatic rings. The molecule has 0 radical (unpaired) electrons. The summed E-state index contributed by atoms with van der Waals surface area (Å²) in [5.41, 5.74) is 2.86. The highest BCUT2D eigenvalue weighted by molar-refractivity contribution is 7.09. The zero-order chi connectivity index (χ0) is 24.8. The first kappa shape index (κ1) is 25.9. The van der Waals surface area contributed by atoms with E-state index in [1.54, 1.807) is 11.3 Å². The van der Waals surface area contributed by atoms with E-state index in [9.17, 15) is 4.79 Å². The van der Waals surface area contributed by atoms with E-state index in [1.807, 2.05) is 17.0 Å². The van der Waals surface area contributed by atoms with Gasteiger partial charge in [0.05, 0.1) is 11.0 Å². The molecule has 2 aromatic heterocycles. The molecule has 5 nitrogen and oxygen atoms in total. The third kappa shape index (κ3) is 6.95. The first-order chi connectivity index (χ1) is 16.9. The van der Waals surface area contributed by atoms with Gasteiger partial charge in [0.2, 0.25) is 0 Å². The summed E-state index contributed by atoms with van der Waals surface area (Å²) in [6, 6.07) is 10.4. The van der Waals surface area contributed by atoms with Crippen molar-refractivity contribution in [2.45, 2.75) is 66.3 Å². The number of nitrogens with zero attached hydrogens (tertiary/aromatic N) is 4. The van der Waals surface area contributed by atoms with Crippen LogP contribution in [0.3, 0.4) is 0 Å². The summed E-state index contributed by atoms with van der Waals surface area (Å²) < 4.78 is 2.38. The molecule has 3 heterocycles. The molecule has 1 aliphatic heterocycles. The van der Waals surface area contributed by atoms with Crippen LogP contribution in [0.2, 0.25) is 0 Å². The van der Waals surface area contributed by atoms with E-state index in [1.165, 1.54) is 37.2 Å². The van der Waals surface area contributed by atoms with Crippen LogP contribution >= 0.6 is 11.3 Å². The van der Waals surface area contributed by atoms with Gasteiger partial charge in [-0.05, 0) is 80.4 Å². The Hall–Kier alpha value is -2.18. The highest BCUT2D eigenvalue weighted by Gasteiger charge is 2.20. The molecule has 1 fully saturated rings. The Morgan fingerprint density at radius 3 is 2.43 bits per heavy atom. The smallest absolute Gasteiger partial charge is 0.253 e. The van der Waals surface area contributed by atoms with Crippen molar-refractivity contribution in [2.24, 2.45) is 11.8 Å². The van der Waals surface area contributed by atoms with E-state index in [-0.39, 0.29) is 5.91 Å². The Labute approximate surface area is 215 Å². The molecule has 0 saturated carbocycles. The minimum absolute atomic E-state index is 0.134. The van der Waals surface area contributed by atoms with Crippen LogP contribution < -0.4 is 0 Å². The number of hydrogen-bond acceptors (Lipinski definition) is 4. The van der Waals surface area contributed by atoms with Gasteiger partial charge in [-0.2, -0.15) is 0 Å².